The van der Waals surface area contributed by atoms with Crippen LogP contribution in [0.1, 0.15) is 37.5 Å². The minimum atomic E-state index is -0.223. The van der Waals surface area contributed by atoms with E-state index in [1.165, 1.54) is 5.56 Å². The third-order valence-corrected chi connectivity index (χ3v) is 4.43. The number of nitrogens with zero attached hydrogens (tertiary/aromatic N) is 1. The maximum absolute atomic E-state index is 12.3. The van der Waals surface area contributed by atoms with Crippen LogP contribution in [0.3, 0.4) is 0 Å². The lowest BCUT2D eigenvalue weighted by molar-refractivity contribution is -0.115. The molecule has 1 aliphatic heterocycles. The minimum Gasteiger partial charge on any atom is -0.493 e. The Morgan fingerprint density at radius 2 is 1.63 bits per heavy atom. The average Bonchev–Trinajstić information content (AvgIpc) is 3.01. The van der Waals surface area contributed by atoms with Gasteiger partial charge in [0.25, 0.3) is 5.91 Å². The molecule has 5 heteroatoms. The minimum absolute atomic E-state index is 0.0811. The molecule has 0 saturated heterocycles. The first kappa shape index (κ1) is 18.7. The zero-order valence-electron chi connectivity index (χ0n) is 16.3. The van der Waals surface area contributed by atoms with Gasteiger partial charge in [-0.15, -0.1) is 0 Å². The first-order valence-electron chi connectivity index (χ1n) is 8.76. The lowest BCUT2D eigenvalue weighted by Crippen LogP contribution is -2.24. The molecule has 1 amide bonds. The number of amidine groups is 1. The van der Waals surface area contributed by atoms with Crippen LogP contribution in [-0.2, 0) is 10.2 Å². The summed E-state index contributed by atoms with van der Waals surface area (Å²) in [6.07, 6.45) is 1.73. The monoisotopic (exact) mass is 364 g/mol. The van der Waals surface area contributed by atoms with Gasteiger partial charge in [0.05, 0.1) is 14.2 Å². The Balaban J connectivity index is 1.89. The van der Waals surface area contributed by atoms with Gasteiger partial charge in [-0.3, -0.25) is 4.79 Å². The van der Waals surface area contributed by atoms with Crippen molar-refractivity contribution in [2.24, 2.45) is 4.99 Å². The molecule has 0 aromatic heterocycles. The standard InChI is InChI=1S/C22H24N2O3/c1-22(2,3)16-9-7-15(8-10-16)20-23-17(21(25)24-20)12-14-6-11-18(26-4)19(13-14)27-5/h6-13H,1-5H3,(H,23,24,25)/b17-12+. The van der Waals surface area contributed by atoms with Crippen LogP contribution in [0.2, 0.25) is 0 Å². The quantitative estimate of drug-likeness (QED) is 0.837. The molecule has 0 fully saturated rings. The predicted molar refractivity (Wildman–Crippen MR) is 107 cm³/mol. The number of methoxy groups -OCH3 is 2. The van der Waals surface area contributed by atoms with E-state index in [0.717, 1.165) is 11.1 Å². The first-order valence-corrected chi connectivity index (χ1v) is 8.76. The van der Waals surface area contributed by atoms with E-state index in [1.54, 1.807) is 26.4 Å². The molecule has 1 aliphatic rings. The highest BCUT2D eigenvalue weighted by atomic mass is 16.5. The van der Waals surface area contributed by atoms with Gasteiger partial charge in [-0.05, 0) is 34.8 Å². The summed E-state index contributed by atoms with van der Waals surface area (Å²) in [6.45, 7) is 6.50. The van der Waals surface area contributed by atoms with Crippen LogP contribution < -0.4 is 14.8 Å². The molecule has 0 spiro atoms. The smallest absolute Gasteiger partial charge is 0.275 e. The summed E-state index contributed by atoms with van der Waals surface area (Å²) < 4.78 is 10.5. The summed E-state index contributed by atoms with van der Waals surface area (Å²) in [6, 6.07) is 13.6. The summed E-state index contributed by atoms with van der Waals surface area (Å²) in [5, 5.41) is 2.84. The second-order valence-corrected chi connectivity index (χ2v) is 7.39. The summed E-state index contributed by atoms with van der Waals surface area (Å²) in [5.41, 5.74) is 3.37. The Morgan fingerprint density at radius 3 is 2.22 bits per heavy atom. The van der Waals surface area contributed by atoms with E-state index in [4.69, 9.17) is 9.47 Å². The SMILES string of the molecule is COc1ccc(/C=C2/N=C(c3ccc(C(C)(C)C)cc3)NC2=O)cc1OC. The van der Waals surface area contributed by atoms with Crippen molar-refractivity contribution in [3.05, 3.63) is 64.9 Å². The van der Waals surface area contributed by atoms with Crippen LogP contribution >= 0.6 is 0 Å². The van der Waals surface area contributed by atoms with E-state index in [9.17, 15) is 4.79 Å². The van der Waals surface area contributed by atoms with Gasteiger partial charge in [-0.2, -0.15) is 0 Å². The highest BCUT2D eigenvalue weighted by molar-refractivity contribution is 6.19. The number of nitrogens with one attached hydrogen (secondary N) is 1. The zero-order chi connectivity index (χ0) is 19.6. The second-order valence-electron chi connectivity index (χ2n) is 7.39. The van der Waals surface area contributed by atoms with Gasteiger partial charge in [-0.1, -0.05) is 51.1 Å². The average molecular weight is 364 g/mol. The highest BCUT2D eigenvalue weighted by Crippen LogP contribution is 2.29. The lowest BCUT2D eigenvalue weighted by Gasteiger charge is -2.19. The Bertz CT molecular complexity index is 920. The molecular weight excluding hydrogens is 340 g/mol. The van der Waals surface area contributed by atoms with Crippen molar-refractivity contribution in [2.45, 2.75) is 26.2 Å². The molecule has 0 unspecified atom stereocenters. The summed E-state index contributed by atoms with van der Waals surface area (Å²) in [7, 11) is 3.16. The number of hydrogen-bond donors (Lipinski definition) is 1. The van der Waals surface area contributed by atoms with Crippen molar-refractivity contribution in [1.29, 1.82) is 0 Å². The first-order chi connectivity index (χ1) is 12.8. The van der Waals surface area contributed by atoms with E-state index < -0.39 is 0 Å². The number of carbonyl (C=O) groups is 1. The van der Waals surface area contributed by atoms with E-state index >= 15 is 0 Å². The van der Waals surface area contributed by atoms with E-state index in [1.807, 2.05) is 24.3 Å². The third-order valence-electron chi connectivity index (χ3n) is 4.43. The predicted octanol–water partition coefficient (Wildman–Crippen LogP) is 3.92. The fraction of sp³-hybridized carbons (Fsp3) is 0.273. The largest absolute Gasteiger partial charge is 0.493 e. The molecule has 0 atom stereocenters. The number of carbonyl (C=O) groups excluding carboxylic acids is 1. The van der Waals surface area contributed by atoms with E-state index in [2.05, 4.69) is 43.2 Å². The molecule has 140 valence electrons. The number of rotatable bonds is 4. The van der Waals surface area contributed by atoms with Gasteiger partial charge in [0.15, 0.2) is 11.5 Å². The Kier molecular flexibility index (Phi) is 5.04. The highest BCUT2D eigenvalue weighted by Gasteiger charge is 2.22. The summed E-state index contributed by atoms with van der Waals surface area (Å²) >= 11 is 0. The van der Waals surface area contributed by atoms with Crippen LogP contribution in [-0.4, -0.2) is 26.0 Å². The van der Waals surface area contributed by atoms with Crippen molar-refractivity contribution in [3.8, 4) is 11.5 Å². The zero-order valence-corrected chi connectivity index (χ0v) is 16.3. The molecule has 1 N–H and O–H groups in total. The Hall–Kier alpha value is -3.08. The van der Waals surface area contributed by atoms with Crippen LogP contribution in [0.4, 0.5) is 0 Å². The fourth-order valence-corrected chi connectivity index (χ4v) is 2.83. The van der Waals surface area contributed by atoms with Crippen molar-refractivity contribution in [2.75, 3.05) is 14.2 Å². The number of benzene rings is 2. The van der Waals surface area contributed by atoms with Crippen LogP contribution in [0.5, 0.6) is 11.5 Å². The molecule has 0 saturated carbocycles. The number of aliphatic imine (C=N–C) groups is 1. The summed E-state index contributed by atoms with van der Waals surface area (Å²) in [5.74, 6) is 1.58. The van der Waals surface area contributed by atoms with Crippen LogP contribution in [0.15, 0.2) is 53.2 Å². The molecule has 1 heterocycles. The van der Waals surface area contributed by atoms with Gasteiger partial charge < -0.3 is 14.8 Å². The maximum Gasteiger partial charge on any atom is 0.275 e. The van der Waals surface area contributed by atoms with Gasteiger partial charge in [0, 0.05) is 5.56 Å². The van der Waals surface area contributed by atoms with Crippen LogP contribution in [0, 0.1) is 0 Å². The Labute approximate surface area is 159 Å². The fourth-order valence-electron chi connectivity index (χ4n) is 2.83. The molecule has 3 rings (SSSR count). The molecule has 2 aromatic carbocycles. The molecule has 0 aliphatic carbocycles. The number of ether oxygens (including phenoxy) is 2. The van der Waals surface area contributed by atoms with E-state index in [-0.39, 0.29) is 11.3 Å². The van der Waals surface area contributed by atoms with Crippen molar-refractivity contribution >= 4 is 17.8 Å². The lowest BCUT2D eigenvalue weighted by atomic mass is 9.86. The molecular formula is C22H24N2O3. The Morgan fingerprint density at radius 1 is 0.963 bits per heavy atom. The number of hydrogen-bond acceptors (Lipinski definition) is 4. The molecule has 0 bridgehead atoms. The number of amides is 1. The topological polar surface area (TPSA) is 59.9 Å². The second kappa shape index (κ2) is 7.27. The molecule has 2 aromatic rings. The van der Waals surface area contributed by atoms with Gasteiger partial charge in [-0.25, -0.2) is 4.99 Å². The van der Waals surface area contributed by atoms with Gasteiger partial charge in [0.2, 0.25) is 0 Å². The normalized spacial score (nSPS) is 15.5. The van der Waals surface area contributed by atoms with Crippen molar-refractivity contribution in [3.63, 3.8) is 0 Å². The van der Waals surface area contributed by atoms with E-state index in [0.29, 0.717) is 23.0 Å². The third kappa shape index (κ3) is 4.03. The van der Waals surface area contributed by atoms with Crippen molar-refractivity contribution < 1.29 is 14.3 Å². The molecule has 27 heavy (non-hydrogen) atoms. The van der Waals surface area contributed by atoms with Crippen molar-refractivity contribution in [1.82, 2.24) is 5.32 Å². The summed E-state index contributed by atoms with van der Waals surface area (Å²) in [4.78, 5) is 16.8. The molecule has 0 radical (unpaired) electrons. The van der Waals surface area contributed by atoms with Gasteiger partial charge >= 0.3 is 0 Å². The maximum atomic E-state index is 12.3. The van der Waals surface area contributed by atoms with Gasteiger partial charge in [0.1, 0.15) is 11.5 Å². The molecule has 5 nitrogen and oxygen atoms in total. The van der Waals surface area contributed by atoms with Crippen LogP contribution in [0.25, 0.3) is 6.08 Å².